The van der Waals surface area contributed by atoms with Crippen LogP contribution in [0.25, 0.3) is 5.65 Å². The van der Waals surface area contributed by atoms with Crippen molar-refractivity contribution in [3.05, 3.63) is 18.6 Å². The van der Waals surface area contributed by atoms with E-state index in [9.17, 15) is 4.79 Å². The molecule has 2 aromatic heterocycles. The number of rotatable bonds is 4. The molecule has 2 heterocycles. The standard InChI is InChI=1S/C11H16N6O/c1-3-13-9(18)7-16(2)11-10-14-4-5-17(10)6-8(12)15-11/h4-6H,3,7,12H2,1-2H3,(H,13,18). The van der Waals surface area contributed by atoms with Crippen LogP contribution in [0.15, 0.2) is 18.6 Å². The first-order chi connectivity index (χ1) is 8.61. The fraction of sp³-hybridized carbons (Fsp3) is 0.364. The molecule has 0 unspecified atom stereocenters. The molecule has 2 aromatic rings. The molecule has 0 radical (unpaired) electrons. The minimum absolute atomic E-state index is 0.0612. The van der Waals surface area contributed by atoms with E-state index < -0.39 is 0 Å². The molecule has 0 fully saturated rings. The second kappa shape index (κ2) is 4.91. The first kappa shape index (κ1) is 12.2. The molecule has 0 atom stereocenters. The summed E-state index contributed by atoms with van der Waals surface area (Å²) >= 11 is 0. The Labute approximate surface area is 105 Å². The van der Waals surface area contributed by atoms with Crippen LogP contribution in [0.2, 0.25) is 0 Å². The van der Waals surface area contributed by atoms with E-state index in [4.69, 9.17) is 5.73 Å². The second-order valence-electron chi connectivity index (χ2n) is 3.96. The summed E-state index contributed by atoms with van der Waals surface area (Å²) in [5, 5.41) is 2.74. The Hall–Kier alpha value is -2.31. The zero-order valence-electron chi connectivity index (χ0n) is 10.4. The van der Waals surface area contributed by atoms with E-state index in [0.717, 1.165) is 0 Å². The Morgan fingerprint density at radius 2 is 2.39 bits per heavy atom. The van der Waals surface area contributed by atoms with E-state index in [1.165, 1.54) is 0 Å². The van der Waals surface area contributed by atoms with Crippen molar-refractivity contribution < 1.29 is 4.79 Å². The van der Waals surface area contributed by atoms with Crippen LogP contribution in [0.3, 0.4) is 0 Å². The summed E-state index contributed by atoms with van der Waals surface area (Å²) in [6.07, 6.45) is 5.14. The van der Waals surface area contributed by atoms with Gasteiger partial charge in [0.25, 0.3) is 0 Å². The number of anilines is 2. The monoisotopic (exact) mass is 248 g/mol. The van der Waals surface area contributed by atoms with Crippen LogP contribution >= 0.6 is 0 Å². The number of amides is 1. The summed E-state index contributed by atoms with van der Waals surface area (Å²) in [6.45, 7) is 2.70. The van der Waals surface area contributed by atoms with E-state index >= 15 is 0 Å². The van der Waals surface area contributed by atoms with Crippen molar-refractivity contribution in [1.82, 2.24) is 19.7 Å². The van der Waals surface area contributed by atoms with Gasteiger partial charge in [-0.25, -0.2) is 9.97 Å². The van der Waals surface area contributed by atoms with Crippen LogP contribution in [-0.2, 0) is 4.79 Å². The molecule has 0 aliphatic rings. The molecule has 7 heteroatoms. The number of fused-ring (bicyclic) bond motifs is 1. The molecule has 1 amide bonds. The van der Waals surface area contributed by atoms with Gasteiger partial charge in [-0.3, -0.25) is 4.79 Å². The van der Waals surface area contributed by atoms with Crippen molar-refractivity contribution >= 4 is 23.2 Å². The van der Waals surface area contributed by atoms with Crippen molar-refractivity contribution in [2.24, 2.45) is 0 Å². The van der Waals surface area contributed by atoms with Crippen molar-refractivity contribution in [1.29, 1.82) is 0 Å². The predicted octanol–water partition coefficient (Wildman–Crippen LogP) is -0.116. The number of hydrogen-bond donors (Lipinski definition) is 2. The van der Waals surface area contributed by atoms with Crippen molar-refractivity contribution in [2.45, 2.75) is 6.92 Å². The van der Waals surface area contributed by atoms with Crippen LogP contribution in [0.5, 0.6) is 0 Å². The van der Waals surface area contributed by atoms with Gasteiger partial charge in [-0.05, 0) is 6.92 Å². The number of nitrogens with two attached hydrogens (primary N) is 1. The Morgan fingerprint density at radius 3 is 3.11 bits per heavy atom. The summed E-state index contributed by atoms with van der Waals surface area (Å²) in [5.41, 5.74) is 6.40. The molecule has 18 heavy (non-hydrogen) atoms. The minimum atomic E-state index is -0.0612. The third-order valence-corrected chi connectivity index (χ3v) is 2.49. The number of nitrogens with zero attached hydrogens (tertiary/aromatic N) is 4. The second-order valence-corrected chi connectivity index (χ2v) is 3.96. The maximum Gasteiger partial charge on any atom is 0.239 e. The van der Waals surface area contributed by atoms with Crippen molar-refractivity contribution in [3.63, 3.8) is 0 Å². The number of carbonyl (C=O) groups is 1. The molecule has 0 aliphatic heterocycles. The molecule has 0 bridgehead atoms. The molecule has 0 spiro atoms. The number of imidazole rings is 1. The molecule has 3 N–H and O–H groups in total. The predicted molar refractivity (Wildman–Crippen MR) is 69.4 cm³/mol. The molecule has 0 saturated heterocycles. The number of nitrogens with one attached hydrogen (secondary N) is 1. The highest BCUT2D eigenvalue weighted by atomic mass is 16.2. The average Bonchev–Trinajstić information content (AvgIpc) is 2.75. The number of hydrogen-bond acceptors (Lipinski definition) is 5. The number of likely N-dealkylation sites (N-methyl/N-ethyl adjacent to an activating group) is 2. The lowest BCUT2D eigenvalue weighted by Crippen LogP contribution is -2.35. The third kappa shape index (κ3) is 2.34. The molecular weight excluding hydrogens is 232 g/mol. The van der Waals surface area contributed by atoms with Gasteiger partial charge in [0, 0.05) is 26.0 Å². The van der Waals surface area contributed by atoms with Gasteiger partial charge in [0.1, 0.15) is 5.82 Å². The Kier molecular flexibility index (Phi) is 3.31. The van der Waals surface area contributed by atoms with Crippen molar-refractivity contribution in [2.75, 3.05) is 30.8 Å². The summed E-state index contributed by atoms with van der Waals surface area (Å²) < 4.78 is 1.78. The van der Waals surface area contributed by atoms with Gasteiger partial charge in [0.05, 0.1) is 12.7 Å². The summed E-state index contributed by atoms with van der Waals surface area (Å²) in [6, 6.07) is 0. The maximum absolute atomic E-state index is 11.5. The van der Waals surface area contributed by atoms with Gasteiger partial charge >= 0.3 is 0 Å². The highest BCUT2D eigenvalue weighted by Gasteiger charge is 2.13. The largest absolute Gasteiger partial charge is 0.382 e. The normalized spacial score (nSPS) is 10.6. The van der Waals surface area contributed by atoms with E-state index in [0.29, 0.717) is 23.8 Å². The quantitative estimate of drug-likeness (QED) is 0.787. The van der Waals surface area contributed by atoms with Gasteiger partial charge in [-0.1, -0.05) is 0 Å². The first-order valence-corrected chi connectivity index (χ1v) is 5.69. The topological polar surface area (TPSA) is 88.5 Å². The molecule has 96 valence electrons. The smallest absolute Gasteiger partial charge is 0.239 e. The highest BCUT2D eigenvalue weighted by Crippen LogP contribution is 2.17. The van der Waals surface area contributed by atoms with Crippen LogP contribution in [-0.4, -0.2) is 40.4 Å². The molecule has 2 rings (SSSR count). The van der Waals surface area contributed by atoms with Gasteiger partial charge in [-0.15, -0.1) is 0 Å². The maximum atomic E-state index is 11.5. The van der Waals surface area contributed by atoms with Crippen LogP contribution in [0, 0.1) is 0 Å². The molecule has 0 saturated carbocycles. The highest BCUT2D eigenvalue weighted by molar-refractivity contribution is 5.82. The fourth-order valence-corrected chi connectivity index (χ4v) is 1.73. The minimum Gasteiger partial charge on any atom is -0.382 e. The van der Waals surface area contributed by atoms with Crippen LogP contribution in [0.4, 0.5) is 11.6 Å². The SMILES string of the molecule is CCNC(=O)CN(C)c1nc(N)cn2ccnc12. The summed E-state index contributed by atoms with van der Waals surface area (Å²) in [7, 11) is 1.78. The van der Waals surface area contributed by atoms with Gasteiger partial charge in [-0.2, -0.15) is 0 Å². The Balaban J connectivity index is 2.29. The lowest BCUT2D eigenvalue weighted by Gasteiger charge is -2.18. The number of nitrogen functional groups attached to an aromatic ring is 1. The summed E-state index contributed by atoms with van der Waals surface area (Å²) in [5.74, 6) is 0.915. The van der Waals surface area contributed by atoms with E-state index in [2.05, 4.69) is 15.3 Å². The molecular formula is C11H16N6O. The lowest BCUT2D eigenvalue weighted by atomic mass is 10.4. The van der Waals surface area contributed by atoms with E-state index in [1.807, 2.05) is 6.92 Å². The van der Waals surface area contributed by atoms with Gasteiger partial charge in [0.15, 0.2) is 11.5 Å². The Bertz CT molecular complexity index is 564. The molecule has 0 aliphatic carbocycles. The zero-order chi connectivity index (χ0) is 13.1. The third-order valence-electron chi connectivity index (χ3n) is 2.49. The lowest BCUT2D eigenvalue weighted by molar-refractivity contribution is -0.119. The molecule has 7 nitrogen and oxygen atoms in total. The van der Waals surface area contributed by atoms with E-state index in [1.54, 1.807) is 34.9 Å². The summed E-state index contributed by atoms with van der Waals surface area (Å²) in [4.78, 5) is 21.7. The first-order valence-electron chi connectivity index (χ1n) is 5.69. The van der Waals surface area contributed by atoms with Crippen LogP contribution < -0.4 is 16.0 Å². The zero-order valence-corrected chi connectivity index (χ0v) is 10.4. The fourth-order valence-electron chi connectivity index (χ4n) is 1.73. The molecule has 0 aromatic carbocycles. The van der Waals surface area contributed by atoms with Gasteiger partial charge < -0.3 is 20.4 Å². The average molecular weight is 248 g/mol. The van der Waals surface area contributed by atoms with Crippen molar-refractivity contribution in [3.8, 4) is 0 Å². The van der Waals surface area contributed by atoms with E-state index in [-0.39, 0.29) is 12.5 Å². The Morgan fingerprint density at radius 1 is 1.61 bits per heavy atom. The number of carbonyl (C=O) groups excluding carboxylic acids is 1. The van der Waals surface area contributed by atoms with Crippen LogP contribution in [0.1, 0.15) is 6.92 Å². The number of aromatic nitrogens is 3. The van der Waals surface area contributed by atoms with Gasteiger partial charge in [0.2, 0.25) is 5.91 Å².